The number of nitrogens with zero attached hydrogens (tertiary/aromatic N) is 1. The quantitative estimate of drug-likeness (QED) is 0.792. The van der Waals surface area contributed by atoms with E-state index in [1.807, 2.05) is 0 Å². The van der Waals surface area contributed by atoms with Crippen LogP contribution in [0.25, 0.3) is 0 Å². The summed E-state index contributed by atoms with van der Waals surface area (Å²) in [5.74, 6) is 0. The maximum atomic E-state index is 3.49. The van der Waals surface area contributed by atoms with E-state index in [4.69, 9.17) is 0 Å². The van der Waals surface area contributed by atoms with E-state index in [1.54, 1.807) is 0 Å². The lowest BCUT2D eigenvalue weighted by molar-refractivity contribution is 0.296. The van der Waals surface area contributed by atoms with Gasteiger partial charge < -0.3 is 5.32 Å². The molecule has 0 aromatic heterocycles. The smallest absolute Gasteiger partial charge is 0.0233 e. The lowest BCUT2D eigenvalue weighted by Gasteiger charge is -2.18. The van der Waals surface area contributed by atoms with Crippen LogP contribution in [0.4, 0.5) is 0 Å². The van der Waals surface area contributed by atoms with Crippen LogP contribution in [0, 0.1) is 0 Å². The van der Waals surface area contributed by atoms with Gasteiger partial charge in [0, 0.05) is 19.6 Å². The average molecular weight is 282 g/mol. The van der Waals surface area contributed by atoms with Gasteiger partial charge >= 0.3 is 0 Å². The van der Waals surface area contributed by atoms with Crippen molar-refractivity contribution in [3.8, 4) is 0 Å². The molecule has 2 aromatic rings. The van der Waals surface area contributed by atoms with E-state index < -0.39 is 0 Å². The fourth-order valence-electron chi connectivity index (χ4n) is 2.41. The summed E-state index contributed by atoms with van der Waals surface area (Å²) < 4.78 is 0. The van der Waals surface area contributed by atoms with Crippen LogP contribution in [0.5, 0.6) is 0 Å². The molecule has 0 fully saturated rings. The van der Waals surface area contributed by atoms with E-state index in [-0.39, 0.29) is 0 Å². The molecule has 0 aliphatic heterocycles. The molecule has 0 aliphatic carbocycles. The third-order valence-corrected chi connectivity index (χ3v) is 3.82. The first-order valence-electron chi connectivity index (χ1n) is 7.86. The van der Waals surface area contributed by atoms with Crippen LogP contribution in [-0.4, -0.2) is 18.0 Å². The van der Waals surface area contributed by atoms with Gasteiger partial charge in [-0.25, -0.2) is 0 Å². The summed E-state index contributed by atoms with van der Waals surface area (Å²) in [7, 11) is 0. The van der Waals surface area contributed by atoms with Crippen molar-refractivity contribution in [2.75, 3.05) is 13.1 Å². The molecule has 1 N–H and O–H groups in total. The van der Waals surface area contributed by atoms with Crippen LogP contribution >= 0.6 is 0 Å². The second-order valence-electron chi connectivity index (χ2n) is 5.37. The minimum atomic E-state index is 0.917. The molecule has 0 saturated carbocycles. The summed E-state index contributed by atoms with van der Waals surface area (Å²) in [4.78, 5) is 2.43. The zero-order chi connectivity index (χ0) is 14.9. The Bertz CT molecular complexity index is 501. The molecule has 2 nitrogen and oxygen atoms in total. The van der Waals surface area contributed by atoms with E-state index >= 15 is 0 Å². The second-order valence-corrected chi connectivity index (χ2v) is 5.37. The lowest BCUT2D eigenvalue weighted by Crippen LogP contribution is -2.22. The molecular formula is C19H26N2. The van der Waals surface area contributed by atoms with Crippen LogP contribution in [-0.2, 0) is 19.6 Å². The number of hydrogen-bond donors (Lipinski definition) is 1. The van der Waals surface area contributed by atoms with Gasteiger partial charge in [-0.1, -0.05) is 68.4 Å². The van der Waals surface area contributed by atoms with Crippen molar-refractivity contribution < 1.29 is 0 Å². The maximum Gasteiger partial charge on any atom is 0.0233 e. The predicted octanol–water partition coefficient (Wildman–Crippen LogP) is 3.82. The third-order valence-electron chi connectivity index (χ3n) is 3.82. The molecule has 2 heteroatoms. The van der Waals surface area contributed by atoms with Crippen molar-refractivity contribution in [1.29, 1.82) is 0 Å². The first-order valence-corrected chi connectivity index (χ1v) is 7.86. The van der Waals surface area contributed by atoms with Crippen LogP contribution < -0.4 is 5.32 Å². The molecule has 0 radical (unpaired) electrons. The standard InChI is InChI=1S/C19H26N2/c1-3-21(4-2)16-19-12-10-18(11-13-19)15-20-14-17-8-6-5-7-9-17/h5-13,20H,3-4,14-16H2,1-2H3. The number of nitrogens with one attached hydrogen (secondary N) is 1. The summed E-state index contributed by atoms with van der Waals surface area (Å²) in [6.45, 7) is 9.53. The van der Waals surface area contributed by atoms with Crippen LogP contribution in [0.15, 0.2) is 54.6 Å². The van der Waals surface area contributed by atoms with Crippen molar-refractivity contribution >= 4 is 0 Å². The Morgan fingerprint density at radius 3 is 1.81 bits per heavy atom. The monoisotopic (exact) mass is 282 g/mol. The maximum absolute atomic E-state index is 3.49. The first kappa shape index (κ1) is 15.7. The Morgan fingerprint density at radius 1 is 0.714 bits per heavy atom. The fraction of sp³-hybridized carbons (Fsp3) is 0.368. The van der Waals surface area contributed by atoms with E-state index in [9.17, 15) is 0 Å². The summed E-state index contributed by atoms with van der Waals surface area (Å²) in [5, 5.41) is 3.49. The van der Waals surface area contributed by atoms with Crippen LogP contribution in [0.3, 0.4) is 0 Å². The second kappa shape index (κ2) is 8.60. The van der Waals surface area contributed by atoms with Gasteiger partial charge in [-0.2, -0.15) is 0 Å². The predicted molar refractivity (Wildman–Crippen MR) is 90.1 cm³/mol. The molecule has 2 rings (SSSR count). The van der Waals surface area contributed by atoms with Gasteiger partial charge in [0.05, 0.1) is 0 Å². The molecule has 21 heavy (non-hydrogen) atoms. The van der Waals surface area contributed by atoms with Gasteiger partial charge in [0.25, 0.3) is 0 Å². The zero-order valence-electron chi connectivity index (χ0n) is 13.2. The molecular weight excluding hydrogens is 256 g/mol. The fourth-order valence-corrected chi connectivity index (χ4v) is 2.41. The topological polar surface area (TPSA) is 15.3 Å². The largest absolute Gasteiger partial charge is 0.309 e. The highest BCUT2D eigenvalue weighted by Gasteiger charge is 2.01. The highest BCUT2D eigenvalue weighted by molar-refractivity contribution is 5.22. The van der Waals surface area contributed by atoms with Gasteiger partial charge in [0.2, 0.25) is 0 Å². The van der Waals surface area contributed by atoms with E-state index in [1.165, 1.54) is 16.7 Å². The average Bonchev–Trinajstić information content (AvgIpc) is 2.55. The van der Waals surface area contributed by atoms with Crippen LogP contribution in [0.1, 0.15) is 30.5 Å². The Morgan fingerprint density at radius 2 is 1.24 bits per heavy atom. The number of rotatable bonds is 8. The minimum Gasteiger partial charge on any atom is -0.309 e. The molecule has 0 bridgehead atoms. The first-order chi connectivity index (χ1) is 10.3. The number of benzene rings is 2. The summed E-state index contributed by atoms with van der Waals surface area (Å²) in [5.41, 5.74) is 4.07. The Labute approximate surface area is 128 Å². The van der Waals surface area contributed by atoms with Crippen molar-refractivity contribution in [2.45, 2.75) is 33.5 Å². The van der Waals surface area contributed by atoms with E-state index in [0.29, 0.717) is 0 Å². The van der Waals surface area contributed by atoms with Gasteiger partial charge in [-0.3, -0.25) is 4.90 Å². The molecule has 0 unspecified atom stereocenters. The molecule has 2 aromatic carbocycles. The third kappa shape index (κ3) is 5.33. The van der Waals surface area contributed by atoms with Crippen LogP contribution in [0.2, 0.25) is 0 Å². The van der Waals surface area contributed by atoms with Gasteiger partial charge in [0.15, 0.2) is 0 Å². The molecule has 0 heterocycles. The Kier molecular flexibility index (Phi) is 6.45. The highest BCUT2D eigenvalue weighted by atomic mass is 15.1. The molecule has 0 saturated heterocycles. The van der Waals surface area contributed by atoms with Crippen molar-refractivity contribution in [3.63, 3.8) is 0 Å². The lowest BCUT2D eigenvalue weighted by atomic mass is 10.1. The Balaban J connectivity index is 1.79. The molecule has 112 valence electrons. The van der Waals surface area contributed by atoms with Gasteiger partial charge in [-0.05, 0) is 29.8 Å². The summed E-state index contributed by atoms with van der Waals surface area (Å²) in [6.07, 6.45) is 0. The minimum absolute atomic E-state index is 0.917. The summed E-state index contributed by atoms with van der Waals surface area (Å²) in [6, 6.07) is 19.5. The molecule has 0 aliphatic rings. The summed E-state index contributed by atoms with van der Waals surface area (Å²) >= 11 is 0. The Hall–Kier alpha value is -1.64. The van der Waals surface area contributed by atoms with Gasteiger partial charge in [0.1, 0.15) is 0 Å². The molecule has 0 amide bonds. The van der Waals surface area contributed by atoms with E-state index in [2.05, 4.69) is 78.7 Å². The van der Waals surface area contributed by atoms with Crippen molar-refractivity contribution in [3.05, 3.63) is 71.3 Å². The molecule has 0 atom stereocenters. The molecule has 0 spiro atoms. The van der Waals surface area contributed by atoms with E-state index in [0.717, 1.165) is 32.7 Å². The number of hydrogen-bond acceptors (Lipinski definition) is 2. The SMILES string of the molecule is CCN(CC)Cc1ccc(CNCc2ccccc2)cc1. The van der Waals surface area contributed by atoms with Crippen molar-refractivity contribution in [1.82, 2.24) is 10.2 Å². The van der Waals surface area contributed by atoms with Gasteiger partial charge in [-0.15, -0.1) is 0 Å². The zero-order valence-corrected chi connectivity index (χ0v) is 13.2. The van der Waals surface area contributed by atoms with Crippen molar-refractivity contribution in [2.24, 2.45) is 0 Å². The highest BCUT2D eigenvalue weighted by Crippen LogP contribution is 2.08. The normalized spacial score (nSPS) is 11.0.